The molecule has 0 N–H and O–H groups in total. The highest BCUT2D eigenvalue weighted by atomic mass is 35.5. The van der Waals surface area contributed by atoms with Crippen molar-refractivity contribution in [3.63, 3.8) is 0 Å². The van der Waals surface area contributed by atoms with Crippen molar-refractivity contribution in [2.45, 2.75) is 45.6 Å². The number of nitrogens with zero attached hydrogens (tertiary/aromatic N) is 2. The molecular weight excluding hydrogens is 240 g/mol. The quantitative estimate of drug-likeness (QED) is 0.818. The molecule has 1 saturated carbocycles. The highest BCUT2D eigenvalue weighted by molar-refractivity contribution is 7.80. The Morgan fingerprint density at radius 2 is 2.12 bits per heavy atom. The standard InChI is InChI=1S/C12H19ClN2S/c1-10-11(13)7-15(14-10)8-12(9-16)5-3-2-4-6-12/h7,16H,2-6,8-9H2,1H3. The second-order valence-corrected chi connectivity index (χ2v) is 5.70. The second kappa shape index (κ2) is 5.01. The molecule has 2 rings (SSSR count). The van der Waals surface area contributed by atoms with Gasteiger partial charge in [0, 0.05) is 12.7 Å². The summed E-state index contributed by atoms with van der Waals surface area (Å²) < 4.78 is 2.00. The van der Waals surface area contributed by atoms with Crippen LogP contribution in [-0.2, 0) is 6.54 Å². The van der Waals surface area contributed by atoms with E-state index in [9.17, 15) is 0 Å². The normalized spacial score (nSPS) is 19.9. The highest BCUT2D eigenvalue weighted by Gasteiger charge is 2.31. The molecule has 1 heterocycles. The van der Waals surface area contributed by atoms with E-state index in [0.717, 1.165) is 23.0 Å². The summed E-state index contributed by atoms with van der Waals surface area (Å²) in [6.45, 7) is 2.91. The van der Waals surface area contributed by atoms with E-state index in [1.165, 1.54) is 32.1 Å². The van der Waals surface area contributed by atoms with Gasteiger partial charge in [-0.1, -0.05) is 30.9 Å². The van der Waals surface area contributed by atoms with Crippen LogP contribution < -0.4 is 0 Å². The summed E-state index contributed by atoms with van der Waals surface area (Å²) in [5, 5.41) is 5.22. The minimum absolute atomic E-state index is 0.336. The zero-order chi connectivity index (χ0) is 11.6. The number of halogens is 1. The van der Waals surface area contributed by atoms with Gasteiger partial charge < -0.3 is 0 Å². The smallest absolute Gasteiger partial charge is 0.0814 e. The predicted octanol–water partition coefficient (Wildman–Crippen LogP) is 3.73. The Labute approximate surface area is 108 Å². The number of aryl methyl sites for hydroxylation is 1. The molecule has 4 heteroatoms. The summed E-state index contributed by atoms with van der Waals surface area (Å²) in [5.74, 6) is 0.948. The van der Waals surface area contributed by atoms with Crippen molar-refractivity contribution in [1.29, 1.82) is 0 Å². The topological polar surface area (TPSA) is 17.8 Å². The Morgan fingerprint density at radius 1 is 1.44 bits per heavy atom. The maximum atomic E-state index is 6.03. The molecular formula is C12H19ClN2S. The summed E-state index contributed by atoms with van der Waals surface area (Å²) in [7, 11) is 0. The van der Waals surface area contributed by atoms with Crippen molar-refractivity contribution < 1.29 is 0 Å². The van der Waals surface area contributed by atoms with Crippen LogP contribution in [-0.4, -0.2) is 15.5 Å². The molecule has 1 fully saturated rings. The summed E-state index contributed by atoms with van der Waals surface area (Å²) in [6, 6.07) is 0. The fourth-order valence-electron chi connectivity index (χ4n) is 2.59. The van der Waals surface area contributed by atoms with Gasteiger partial charge in [0.05, 0.1) is 10.7 Å². The molecule has 16 heavy (non-hydrogen) atoms. The first-order valence-electron chi connectivity index (χ1n) is 5.96. The lowest BCUT2D eigenvalue weighted by atomic mass is 9.75. The Bertz CT molecular complexity index is 336. The average molecular weight is 259 g/mol. The molecule has 0 aliphatic heterocycles. The van der Waals surface area contributed by atoms with Gasteiger partial charge >= 0.3 is 0 Å². The van der Waals surface area contributed by atoms with E-state index in [4.69, 9.17) is 11.6 Å². The van der Waals surface area contributed by atoms with Crippen molar-refractivity contribution in [2.75, 3.05) is 5.75 Å². The van der Waals surface area contributed by atoms with E-state index in [1.54, 1.807) is 0 Å². The molecule has 2 nitrogen and oxygen atoms in total. The van der Waals surface area contributed by atoms with Crippen LogP contribution in [0.4, 0.5) is 0 Å². The third-order valence-corrected chi connectivity index (χ3v) is 4.68. The second-order valence-electron chi connectivity index (χ2n) is 4.98. The number of thiol groups is 1. The molecule has 1 aliphatic rings. The van der Waals surface area contributed by atoms with Crippen molar-refractivity contribution in [2.24, 2.45) is 5.41 Å². The van der Waals surface area contributed by atoms with E-state index < -0.39 is 0 Å². The van der Waals surface area contributed by atoms with Crippen LogP contribution in [0.5, 0.6) is 0 Å². The maximum absolute atomic E-state index is 6.03. The van der Waals surface area contributed by atoms with Gasteiger partial charge in [-0.05, 0) is 30.9 Å². The molecule has 0 spiro atoms. The van der Waals surface area contributed by atoms with Crippen LogP contribution in [0.3, 0.4) is 0 Å². The van der Waals surface area contributed by atoms with Gasteiger partial charge in [0.2, 0.25) is 0 Å². The monoisotopic (exact) mass is 258 g/mol. The van der Waals surface area contributed by atoms with E-state index in [1.807, 2.05) is 17.8 Å². The zero-order valence-corrected chi connectivity index (χ0v) is 11.4. The maximum Gasteiger partial charge on any atom is 0.0814 e. The van der Waals surface area contributed by atoms with E-state index >= 15 is 0 Å². The molecule has 0 saturated heterocycles. The summed E-state index contributed by atoms with van der Waals surface area (Å²) in [4.78, 5) is 0. The Morgan fingerprint density at radius 3 is 2.62 bits per heavy atom. The molecule has 0 amide bonds. The molecule has 90 valence electrons. The van der Waals surface area contributed by atoms with Crippen molar-refractivity contribution in [3.05, 3.63) is 16.9 Å². The Balaban J connectivity index is 2.11. The molecule has 0 aromatic carbocycles. The highest BCUT2D eigenvalue weighted by Crippen LogP contribution is 2.38. The summed E-state index contributed by atoms with van der Waals surface area (Å²) >= 11 is 10.6. The van der Waals surface area contributed by atoms with Gasteiger partial charge in [0.25, 0.3) is 0 Å². The average Bonchev–Trinajstić information content (AvgIpc) is 2.59. The SMILES string of the molecule is Cc1nn(CC2(CS)CCCCC2)cc1Cl. The first-order valence-corrected chi connectivity index (χ1v) is 6.97. The molecule has 0 bridgehead atoms. The fourth-order valence-corrected chi connectivity index (χ4v) is 3.15. The fraction of sp³-hybridized carbons (Fsp3) is 0.750. The van der Waals surface area contributed by atoms with Gasteiger partial charge in [-0.2, -0.15) is 17.7 Å². The van der Waals surface area contributed by atoms with E-state index in [-0.39, 0.29) is 0 Å². The van der Waals surface area contributed by atoms with Crippen LogP contribution in [0.2, 0.25) is 5.02 Å². The lowest BCUT2D eigenvalue weighted by Crippen LogP contribution is -2.31. The van der Waals surface area contributed by atoms with E-state index in [2.05, 4.69) is 17.7 Å². The Kier molecular flexibility index (Phi) is 3.85. The number of hydrogen-bond acceptors (Lipinski definition) is 2. The van der Waals surface area contributed by atoms with Gasteiger partial charge in [0.15, 0.2) is 0 Å². The van der Waals surface area contributed by atoms with Gasteiger partial charge in [-0.3, -0.25) is 4.68 Å². The van der Waals surface area contributed by atoms with Gasteiger partial charge in [0.1, 0.15) is 0 Å². The van der Waals surface area contributed by atoms with Crippen LogP contribution in [0, 0.1) is 12.3 Å². The third-order valence-electron chi connectivity index (χ3n) is 3.63. The van der Waals surface area contributed by atoms with Gasteiger partial charge in [-0.25, -0.2) is 0 Å². The van der Waals surface area contributed by atoms with Crippen LogP contribution in [0.15, 0.2) is 6.20 Å². The first kappa shape index (κ1) is 12.3. The minimum Gasteiger partial charge on any atom is -0.270 e. The predicted molar refractivity (Wildman–Crippen MR) is 71.3 cm³/mol. The molecule has 0 radical (unpaired) electrons. The van der Waals surface area contributed by atoms with E-state index in [0.29, 0.717) is 5.41 Å². The van der Waals surface area contributed by atoms with Crippen molar-refractivity contribution in [3.8, 4) is 0 Å². The van der Waals surface area contributed by atoms with Crippen molar-refractivity contribution >= 4 is 24.2 Å². The number of hydrogen-bond donors (Lipinski definition) is 1. The lowest BCUT2D eigenvalue weighted by Gasteiger charge is -2.35. The Hall–Kier alpha value is -0.150. The summed E-state index contributed by atoms with van der Waals surface area (Å²) in [5.41, 5.74) is 1.26. The van der Waals surface area contributed by atoms with Crippen LogP contribution in [0.25, 0.3) is 0 Å². The van der Waals surface area contributed by atoms with Gasteiger partial charge in [-0.15, -0.1) is 0 Å². The zero-order valence-electron chi connectivity index (χ0n) is 9.75. The first-order chi connectivity index (χ1) is 7.65. The number of rotatable bonds is 3. The largest absolute Gasteiger partial charge is 0.270 e. The molecule has 0 atom stereocenters. The summed E-state index contributed by atoms with van der Waals surface area (Å²) in [6.07, 6.45) is 8.51. The van der Waals surface area contributed by atoms with Crippen LogP contribution >= 0.6 is 24.2 Å². The third kappa shape index (κ3) is 2.57. The molecule has 1 aliphatic carbocycles. The minimum atomic E-state index is 0.336. The van der Waals surface area contributed by atoms with Crippen molar-refractivity contribution in [1.82, 2.24) is 9.78 Å². The van der Waals surface area contributed by atoms with Crippen LogP contribution in [0.1, 0.15) is 37.8 Å². The molecule has 1 aromatic heterocycles. The number of aromatic nitrogens is 2. The lowest BCUT2D eigenvalue weighted by molar-refractivity contribution is 0.182. The molecule has 1 aromatic rings. The molecule has 0 unspecified atom stereocenters.